The Hall–Kier alpha value is -1.35. The van der Waals surface area contributed by atoms with Gasteiger partial charge in [0, 0.05) is 13.0 Å². The van der Waals surface area contributed by atoms with E-state index in [1.807, 2.05) is 0 Å². The van der Waals surface area contributed by atoms with Crippen LogP contribution in [-0.2, 0) is 9.59 Å². The summed E-state index contributed by atoms with van der Waals surface area (Å²) in [4.78, 5) is 19.2. The number of aliphatic carboxylic acids is 1. The molecule has 0 aromatic heterocycles. The molecule has 0 spiro atoms. The first-order chi connectivity index (χ1) is 8.21. The molecular weight excluding hydrogens is 255 g/mol. The number of nitrogens with one attached hydrogen (secondary N) is 1. The van der Waals surface area contributed by atoms with Crippen molar-refractivity contribution in [3.63, 3.8) is 0 Å². The minimum atomic E-state index is -5.08. The van der Waals surface area contributed by atoms with Gasteiger partial charge in [-0.15, -0.1) is 0 Å². The first-order valence-corrected chi connectivity index (χ1v) is 5.23. The van der Waals surface area contributed by atoms with Crippen molar-refractivity contribution in [1.82, 2.24) is 5.43 Å². The molecule has 0 aromatic carbocycles. The summed E-state index contributed by atoms with van der Waals surface area (Å²) >= 11 is 0. The second kappa shape index (κ2) is 10.8. The number of carbonyl (C=O) groups is 2. The van der Waals surface area contributed by atoms with Crippen LogP contribution in [0, 0.1) is 0 Å². The SMILES string of the molecule is NNCCCCCCC(N)=O.O=C(O)C(F)(F)F. The maximum atomic E-state index is 10.6. The molecule has 0 aromatic rings. The van der Waals surface area contributed by atoms with E-state index in [0.717, 1.165) is 32.2 Å². The highest BCUT2D eigenvalue weighted by Crippen LogP contribution is 2.13. The highest BCUT2D eigenvalue weighted by atomic mass is 19.4. The van der Waals surface area contributed by atoms with Gasteiger partial charge in [0.05, 0.1) is 0 Å². The number of carboxylic acid groups (broad SMARTS) is 1. The molecule has 0 saturated carbocycles. The van der Waals surface area contributed by atoms with E-state index in [1.165, 1.54) is 0 Å². The third-order valence-electron chi connectivity index (χ3n) is 1.74. The van der Waals surface area contributed by atoms with E-state index in [-0.39, 0.29) is 5.91 Å². The van der Waals surface area contributed by atoms with Crippen molar-refractivity contribution in [2.45, 2.75) is 38.3 Å². The molecule has 1 amide bonds. The molecule has 0 aliphatic heterocycles. The number of alkyl halides is 3. The van der Waals surface area contributed by atoms with Crippen molar-refractivity contribution in [2.75, 3.05) is 6.54 Å². The fourth-order valence-electron chi connectivity index (χ4n) is 0.880. The number of carboxylic acids is 1. The van der Waals surface area contributed by atoms with Crippen LogP contribution in [0.25, 0.3) is 0 Å². The average molecular weight is 273 g/mol. The standard InChI is InChI=1S/C7H17N3O.C2HF3O2/c8-7(11)5-3-1-2-4-6-10-9;3-2(4,5)1(6)7/h10H,1-6,9H2,(H2,8,11);(H,6,7). The van der Waals surface area contributed by atoms with Crippen molar-refractivity contribution in [1.29, 1.82) is 0 Å². The van der Waals surface area contributed by atoms with Crippen LogP contribution >= 0.6 is 0 Å². The molecule has 18 heavy (non-hydrogen) atoms. The minimum Gasteiger partial charge on any atom is -0.475 e. The average Bonchev–Trinajstić information content (AvgIpc) is 2.22. The number of primary amides is 1. The number of rotatable bonds is 7. The van der Waals surface area contributed by atoms with E-state index in [9.17, 15) is 18.0 Å². The summed E-state index contributed by atoms with van der Waals surface area (Å²) in [6, 6.07) is 0. The van der Waals surface area contributed by atoms with Crippen molar-refractivity contribution < 1.29 is 27.9 Å². The molecule has 0 aliphatic carbocycles. The van der Waals surface area contributed by atoms with Crippen LogP contribution in [-0.4, -0.2) is 29.7 Å². The summed E-state index contributed by atoms with van der Waals surface area (Å²) in [5.41, 5.74) is 7.54. The maximum Gasteiger partial charge on any atom is 0.490 e. The van der Waals surface area contributed by atoms with E-state index in [2.05, 4.69) is 5.43 Å². The van der Waals surface area contributed by atoms with Gasteiger partial charge in [-0.05, 0) is 12.8 Å². The molecule has 0 heterocycles. The molecule has 0 bridgehead atoms. The fourth-order valence-corrected chi connectivity index (χ4v) is 0.880. The quantitative estimate of drug-likeness (QED) is 0.306. The lowest BCUT2D eigenvalue weighted by molar-refractivity contribution is -0.192. The third kappa shape index (κ3) is 17.1. The number of nitrogens with two attached hydrogens (primary N) is 2. The number of carbonyl (C=O) groups excluding carboxylic acids is 1. The van der Waals surface area contributed by atoms with Gasteiger partial charge in [0.2, 0.25) is 5.91 Å². The molecule has 108 valence electrons. The van der Waals surface area contributed by atoms with Gasteiger partial charge in [-0.1, -0.05) is 12.8 Å². The Morgan fingerprint density at radius 3 is 1.89 bits per heavy atom. The molecule has 0 atom stereocenters. The third-order valence-corrected chi connectivity index (χ3v) is 1.74. The number of hydrogen-bond acceptors (Lipinski definition) is 4. The Morgan fingerprint density at radius 1 is 1.11 bits per heavy atom. The predicted molar refractivity (Wildman–Crippen MR) is 58.2 cm³/mol. The van der Waals surface area contributed by atoms with E-state index >= 15 is 0 Å². The van der Waals surface area contributed by atoms with E-state index in [1.54, 1.807) is 0 Å². The van der Waals surface area contributed by atoms with Crippen LogP contribution in [0.15, 0.2) is 0 Å². The van der Waals surface area contributed by atoms with Crippen LogP contribution in [0.4, 0.5) is 13.2 Å². The van der Waals surface area contributed by atoms with Gasteiger partial charge >= 0.3 is 12.1 Å². The van der Waals surface area contributed by atoms with Crippen LogP contribution in [0.2, 0.25) is 0 Å². The zero-order chi connectivity index (χ0) is 14.6. The molecule has 0 unspecified atom stereocenters. The van der Waals surface area contributed by atoms with Crippen LogP contribution in [0.1, 0.15) is 32.1 Å². The monoisotopic (exact) mass is 273 g/mol. The van der Waals surface area contributed by atoms with Crippen molar-refractivity contribution in [3.8, 4) is 0 Å². The number of halogens is 3. The second-order valence-electron chi connectivity index (χ2n) is 3.39. The Labute approximate surface area is 102 Å². The molecule has 0 aliphatic rings. The van der Waals surface area contributed by atoms with Gasteiger partial charge in [-0.25, -0.2) is 4.79 Å². The Morgan fingerprint density at radius 2 is 1.56 bits per heavy atom. The summed E-state index contributed by atoms with van der Waals surface area (Å²) in [7, 11) is 0. The smallest absolute Gasteiger partial charge is 0.475 e. The topological polar surface area (TPSA) is 118 Å². The lowest BCUT2D eigenvalue weighted by Crippen LogP contribution is -2.22. The molecule has 0 fully saturated rings. The summed E-state index contributed by atoms with van der Waals surface area (Å²) in [6.45, 7) is 0.844. The summed E-state index contributed by atoms with van der Waals surface area (Å²) in [5.74, 6) is 2.10. The first kappa shape index (κ1) is 19.0. The van der Waals surface area contributed by atoms with Crippen LogP contribution in [0.5, 0.6) is 0 Å². The number of hydrogen-bond donors (Lipinski definition) is 4. The molecule has 6 N–H and O–H groups in total. The summed E-state index contributed by atoms with van der Waals surface area (Å²) in [5, 5.41) is 7.12. The number of amides is 1. The molecule has 0 rings (SSSR count). The van der Waals surface area contributed by atoms with Gasteiger partial charge in [0.25, 0.3) is 0 Å². The molecule has 0 saturated heterocycles. The zero-order valence-electron chi connectivity index (χ0n) is 9.79. The maximum absolute atomic E-state index is 10.6. The summed E-state index contributed by atoms with van der Waals surface area (Å²) in [6.07, 6.45) is -0.437. The minimum absolute atomic E-state index is 0.207. The molecular formula is C9H18F3N3O3. The molecule has 0 radical (unpaired) electrons. The van der Waals surface area contributed by atoms with Crippen molar-refractivity contribution in [3.05, 3.63) is 0 Å². The van der Waals surface area contributed by atoms with E-state index in [4.69, 9.17) is 21.5 Å². The zero-order valence-corrected chi connectivity index (χ0v) is 9.79. The van der Waals surface area contributed by atoms with E-state index < -0.39 is 12.1 Å². The lowest BCUT2D eigenvalue weighted by atomic mass is 10.1. The van der Waals surface area contributed by atoms with Gasteiger partial charge in [0.15, 0.2) is 0 Å². The van der Waals surface area contributed by atoms with Crippen molar-refractivity contribution >= 4 is 11.9 Å². The second-order valence-corrected chi connectivity index (χ2v) is 3.39. The van der Waals surface area contributed by atoms with E-state index in [0.29, 0.717) is 6.42 Å². The highest BCUT2D eigenvalue weighted by molar-refractivity contribution is 5.73. The Bertz CT molecular complexity index is 247. The Kier molecular flexibility index (Phi) is 11.4. The normalized spacial score (nSPS) is 10.4. The van der Waals surface area contributed by atoms with Crippen molar-refractivity contribution in [2.24, 2.45) is 11.6 Å². The highest BCUT2D eigenvalue weighted by Gasteiger charge is 2.38. The van der Waals surface area contributed by atoms with Gasteiger partial charge in [-0.2, -0.15) is 13.2 Å². The molecule has 9 heteroatoms. The van der Waals surface area contributed by atoms with Gasteiger partial charge < -0.3 is 10.8 Å². The number of hydrazine groups is 1. The van der Waals surface area contributed by atoms with Crippen LogP contribution in [0.3, 0.4) is 0 Å². The predicted octanol–water partition coefficient (Wildman–Crippen LogP) is 0.519. The largest absolute Gasteiger partial charge is 0.490 e. The Balaban J connectivity index is 0. The lowest BCUT2D eigenvalue weighted by Gasteiger charge is -1.98. The first-order valence-electron chi connectivity index (χ1n) is 5.23. The summed E-state index contributed by atoms with van der Waals surface area (Å²) < 4.78 is 31.7. The fraction of sp³-hybridized carbons (Fsp3) is 0.778. The van der Waals surface area contributed by atoms with Gasteiger partial charge in [0.1, 0.15) is 0 Å². The van der Waals surface area contributed by atoms with Crippen LogP contribution < -0.4 is 17.0 Å². The number of unbranched alkanes of at least 4 members (excludes halogenated alkanes) is 3. The molecule has 6 nitrogen and oxygen atoms in total. The van der Waals surface area contributed by atoms with Gasteiger partial charge in [-0.3, -0.25) is 16.1 Å².